The molecule has 1 aliphatic heterocycles. The Morgan fingerprint density at radius 3 is 2.62 bits per heavy atom. The van der Waals surface area contributed by atoms with Crippen molar-refractivity contribution in [3.8, 4) is 0 Å². The van der Waals surface area contributed by atoms with Crippen LogP contribution in [-0.2, 0) is 4.74 Å². The van der Waals surface area contributed by atoms with E-state index in [4.69, 9.17) is 21.0 Å². The average molecular weight is 293 g/mol. The summed E-state index contributed by atoms with van der Waals surface area (Å²) in [5, 5.41) is 25.0. The van der Waals surface area contributed by atoms with Crippen LogP contribution in [0, 0.1) is 19.3 Å². The zero-order chi connectivity index (χ0) is 15.4. The van der Waals surface area contributed by atoms with E-state index in [0.717, 1.165) is 37.2 Å². The largest absolute Gasteiger partial charge is 0.394 e. The number of hydrogen-bond acceptors (Lipinski definition) is 6. The number of aryl methyl sites for hydroxylation is 1. The number of aliphatic hydroxyl groups excluding tert-OH is 1. The first-order chi connectivity index (χ1) is 10.0. The highest BCUT2D eigenvalue weighted by Gasteiger charge is 2.24. The number of ether oxygens (including phenoxy) is 1. The lowest BCUT2D eigenvalue weighted by atomic mass is 10.0. The van der Waals surface area contributed by atoms with Gasteiger partial charge in [-0.25, -0.2) is 0 Å². The van der Waals surface area contributed by atoms with Gasteiger partial charge in [0, 0.05) is 13.1 Å². The maximum absolute atomic E-state index is 8.79. The molecule has 0 saturated carbocycles. The van der Waals surface area contributed by atoms with Crippen LogP contribution < -0.4 is 10.6 Å². The Morgan fingerprint density at radius 1 is 1.38 bits per heavy atom. The molecule has 0 bridgehead atoms. The molecular weight excluding hydrogens is 270 g/mol. The molecule has 7 nitrogen and oxygen atoms in total. The van der Waals surface area contributed by atoms with Gasteiger partial charge in [-0.2, -0.15) is 5.10 Å². The molecule has 0 spiro atoms. The van der Waals surface area contributed by atoms with Gasteiger partial charge in [0.2, 0.25) is 0 Å². The molecule has 0 atom stereocenters. The lowest BCUT2D eigenvalue weighted by molar-refractivity contribution is 0.0158. The van der Waals surface area contributed by atoms with Gasteiger partial charge >= 0.3 is 0 Å². The summed E-state index contributed by atoms with van der Waals surface area (Å²) in [6.45, 7) is 5.79. The number of anilines is 1. The molecule has 4 N–H and O–H groups in total. The third-order valence-electron chi connectivity index (χ3n) is 3.89. The van der Waals surface area contributed by atoms with Crippen LogP contribution in [0.2, 0.25) is 0 Å². The Morgan fingerprint density at radius 2 is 2.05 bits per heavy atom. The molecule has 0 radical (unpaired) electrons. The number of hydrogen-bond donors (Lipinski definition) is 3. The van der Waals surface area contributed by atoms with Crippen molar-refractivity contribution in [1.82, 2.24) is 10.2 Å². The Kier molecular flexibility index (Phi) is 5.08. The summed E-state index contributed by atoms with van der Waals surface area (Å²) < 4.78 is 5.56. The number of nitrogens with two attached hydrogens (primary N) is 1. The van der Waals surface area contributed by atoms with E-state index in [1.165, 1.54) is 0 Å². The highest BCUT2D eigenvalue weighted by Crippen LogP contribution is 2.25. The van der Waals surface area contributed by atoms with Crippen molar-refractivity contribution in [2.75, 3.05) is 31.2 Å². The van der Waals surface area contributed by atoms with E-state index >= 15 is 0 Å². The maximum Gasteiger partial charge on any atom is 0.162 e. The second kappa shape index (κ2) is 6.82. The van der Waals surface area contributed by atoms with Gasteiger partial charge in [0.15, 0.2) is 5.82 Å². The Balaban J connectivity index is 2.13. The fourth-order valence-electron chi connectivity index (χ4n) is 2.59. The summed E-state index contributed by atoms with van der Waals surface area (Å²) in [4.78, 5) is 2.11. The summed E-state index contributed by atoms with van der Waals surface area (Å²) >= 11 is 0. The van der Waals surface area contributed by atoms with Crippen LogP contribution in [0.4, 0.5) is 5.82 Å². The topological polar surface area (TPSA) is 108 Å². The van der Waals surface area contributed by atoms with Crippen molar-refractivity contribution in [3.05, 3.63) is 16.8 Å². The van der Waals surface area contributed by atoms with Crippen molar-refractivity contribution >= 4 is 11.7 Å². The van der Waals surface area contributed by atoms with Crippen LogP contribution in [0.1, 0.15) is 29.7 Å². The van der Waals surface area contributed by atoms with E-state index in [0.29, 0.717) is 18.0 Å². The van der Waals surface area contributed by atoms with Crippen LogP contribution in [0.15, 0.2) is 0 Å². The first kappa shape index (κ1) is 15.7. The number of nitrogens with zero attached hydrogens (tertiary/aromatic N) is 3. The third-order valence-corrected chi connectivity index (χ3v) is 3.89. The molecule has 0 amide bonds. The van der Waals surface area contributed by atoms with E-state index < -0.39 is 0 Å². The Hall–Kier alpha value is -1.73. The third kappa shape index (κ3) is 3.48. The number of aromatic nitrogens is 2. The predicted octanol–water partition coefficient (Wildman–Crippen LogP) is 0.355. The Bertz CT molecular complexity index is 512. The molecule has 2 rings (SSSR count). The van der Waals surface area contributed by atoms with Gasteiger partial charge in [0.25, 0.3) is 0 Å². The predicted molar refractivity (Wildman–Crippen MR) is 80.8 cm³/mol. The van der Waals surface area contributed by atoms with E-state index in [1.54, 1.807) is 0 Å². The molecule has 0 unspecified atom stereocenters. The zero-order valence-electron chi connectivity index (χ0n) is 12.6. The summed E-state index contributed by atoms with van der Waals surface area (Å²) in [5.74, 6) is 0.713. The first-order valence-electron chi connectivity index (χ1n) is 7.20. The van der Waals surface area contributed by atoms with Gasteiger partial charge in [-0.1, -0.05) is 0 Å². The minimum absolute atomic E-state index is 0.0270. The summed E-state index contributed by atoms with van der Waals surface area (Å²) in [6.07, 6.45) is 1.91. The van der Waals surface area contributed by atoms with Crippen molar-refractivity contribution < 1.29 is 9.84 Å². The number of piperidine rings is 1. The van der Waals surface area contributed by atoms with E-state index in [2.05, 4.69) is 15.1 Å². The lowest BCUT2D eigenvalue weighted by Crippen LogP contribution is -2.39. The minimum atomic E-state index is 0.0270. The van der Waals surface area contributed by atoms with Crippen molar-refractivity contribution in [2.24, 2.45) is 5.73 Å². The average Bonchev–Trinajstić information content (AvgIpc) is 2.48. The molecule has 1 aliphatic rings. The van der Waals surface area contributed by atoms with Crippen molar-refractivity contribution in [3.63, 3.8) is 0 Å². The molecule has 1 aromatic rings. The summed E-state index contributed by atoms with van der Waals surface area (Å²) in [6, 6.07) is 0. The second-order valence-electron chi connectivity index (χ2n) is 5.30. The van der Waals surface area contributed by atoms with E-state index in [9.17, 15) is 0 Å². The quantitative estimate of drug-likeness (QED) is 0.534. The minimum Gasteiger partial charge on any atom is -0.394 e. The molecule has 1 fully saturated rings. The van der Waals surface area contributed by atoms with Gasteiger partial charge in [-0.3, -0.25) is 5.41 Å². The Labute approximate surface area is 124 Å². The van der Waals surface area contributed by atoms with Gasteiger partial charge in [0.05, 0.1) is 30.6 Å². The molecule has 21 heavy (non-hydrogen) atoms. The highest BCUT2D eigenvalue weighted by atomic mass is 16.5. The molecule has 1 saturated heterocycles. The second-order valence-corrected chi connectivity index (χ2v) is 5.30. The molecule has 0 aromatic carbocycles. The number of aliphatic hydroxyl groups is 1. The van der Waals surface area contributed by atoms with Gasteiger partial charge in [-0.15, -0.1) is 5.10 Å². The summed E-state index contributed by atoms with van der Waals surface area (Å²) in [7, 11) is 0. The summed E-state index contributed by atoms with van der Waals surface area (Å²) in [5.41, 5.74) is 8.10. The molecule has 1 aromatic heterocycles. The molecule has 7 heteroatoms. The normalized spacial score (nSPS) is 16.2. The van der Waals surface area contributed by atoms with Crippen LogP contribution in [0.3, 0.4) is 0 Å². The van der Waals surface area contributed by atoms with Crippen molar-refractivity contribution in [2.45, 2.75) is 32.8 Å². The number of amidine groups is 1. The first-order valence-corrected chi connectivity index (χ1v) is 7.20. The molecule has 2 heterocycles. The SMILES string of the molecule is Cc1nnc(N2CCC(OCCO)CC2)c(C(=N)N)c1C. The number of nitrogen functional groups attached to an aromatic ring is 1. The fourth-order valence-corrected chi connectivity index (χ4v) is 2.59. The van der Waals surface area contributed by atoms with Crippen LogP contribution >= 0.6 is 0 Å². The van der Waals surface area contributed by atoms with E-state index in [1.807, 2.05) is 13.8 Å². The molecule has 116 valence electrons. The van der Waals surface area contributed by atoms with Gasteiger partial charge in [-0.05, 0) is 32.3 Å². The van der Waals surface area contributed by atoms with Crippen LogP contribution in [-0.4, -0.2) is 53.5 Å². The fraction of sp³-hybridized carbons (Fsp3) is 0.643. The standard InChI is InChI=1S/C14H23N5O2/c1-9-10(2)17-18-14(12(9)13(15)16)19-5-3-11(4-6-19)21-8-7-20/h11,20H,3-8H2,1-2H3,(H3,15,16). The lowest BCUT2D eigenvalue weighted by Gasteiger charge is -2.33. The molecule has 0 aliphatic carbocycles. The van der Waals surface area contributed by atoms with Crippen molar-refractivity contribution in [1.29, 1.82) is 5.41 Å². The van der Waals surface area contributed by atoms with Crippen LogP contribution in [0.5, 0.6) is 0 Å². The monoisotopic (exact) mass is 293 g/mol. The van der Waals surface area contributed by atoms with Crippen LogP contribution in [0.25, 0.3) is 0 Å². The van der Waals surface area contributed by atoms with Gasteiger partial charge < -0.3 is 20.5 Å². The van der Waals surface area contributed by atoms with E-state index in [-0.39, 0.29) is 18.5 Å². The highest BCUT2D eigenvalue weighted by molar-refractivity contribution is 6.01. The number of nitrogens with one attached hydrogen (secondary N) is 1. The zero-order valence-corrected chi connectivity index (χ0v) is 12.6. The number of rotatable bonds is 5. The molecular formula is C14H23N5O2. The van der Waals surface area contributed by atoms with Gasteiger partial charge in [0.1, 0.15) is 5.84 Å². The maximum atomic E-state index is 8.79. The smallest absolute Gasteiger partial charge is 0.162 e.